The van der Waals surface area contributed by atoms with Gasteiger partial charge in [-0.3, -0.25) is 14.4 Å². The Labute approximate surface area is 201 Å². The van der Waals surface area contributed by atoms with Crippen molar-refractivity contribution in [1.29, 1.82) is 0 Å². The number of nitrogens with one attached hydrogen (secondary N) is 2. The van der Waals surface area contributed by atoms with Crippen LogP contribution < -0.4 is 10.6 Å². The third-order valence-corrected chi connectivity index (χ3v) is 8.02. The van der Waals surface area contributed by atoms with E-state index in [9.17, 15) is 19.5 Å². The minimum absolute atomic E-state index is 0.00593. The number of para-hydroxylation sites is 1. The van der Waals surface area contributed by atoms with Crippen molar-refractivity contribution in [2.24, 2.45) is 17.8 Å². The van der Waals surface area contributed by atoms with Crippen LogP contribution in [0.15, 0.2) is 30.3 Å². The number of benzene rings is 1. The van der Waals surface area contributed by atoms with Crippen molar-refractivity contribution >= 4 is 23.4 Å². The van der Waals surface area contributed by atoms with Crippen LogP contribution in [-0.4, -0.2) is 64.7 Å². The molecule has 3 heterocycles. The molecule has 0 saturated carbocycles. The number of nitrogens with zero attached hydrogens (tertiary/aromatic N) is 1. The maximum absolute atomic E-state index is 13.9. The molecule has 3 unspecified atom stereocenters. The summed E-state index contributed by atoms with van der Waals surface area (Å²) in [7, 11) is 0. The van der Waals surface area contributed by atoms with E-state index in [2.05, 4.69) is 17.6 Å². The Morgan fingerprint density at radius 2 is 1.91 bits per heavy atom. The monoisotopic (exact) mass is 471 g/mol. The molecule has 8 nitrogen and oxygen atoms in total. The van der Waals surface area contributed by atoms with E-state index in [0.717, 1.165) is 12.8 Å². The van der Waals surface area contributed by atoms with Gasteiger partial charge in [-0.1, -0.05) is 38.5 Å². The number of fused-ring (bicyclic) bond motifs is 1. The minimum atomic E-state index is -1.03. The fourth-order valence-corrected chi connectivity index (χ4v) is 6.30. The zero-order chi connectivity index (χ0) is 24.5. The van der Waals surface area contributed by atoms with Gasteiger partial charge in [0.1, 0.15) is 11.6 Å². The number of carbonyl (C=O) groups is 3. The Morgan fingerprint density at radius 1 is 1.18 bits per heavy atom. The molecule has 34 heavy (non-hydrogen) atoms. The maximum atomic E-state index is 13.9. The van der Waals surface area contributed by atoms with Gasteiger partial charge in [0.15, 0.2) is 0 Å². The van der Waals surface area contributed by atoms with Crippen LogP contribution in [-0.2, 0) is 19.1 Å². The quantitative estimate of drug-likeness (QED) is 0.454. The smallest absolute Gasteiger partial charge is 0.245 e. The Morgan fingerprint density at radius 3 is 2.59 bits per heavy atom. The molecule has 4 rings (SSSR count). The topological polar surface area (TPSA) is 108 Å². The number of anilines is 1. The molecule has 3 N–H and O–H groups in total. The lowest BCUT2D eigenvalue weighted by molar-refractivity contribution is -0.146. The van der Waals surface area contributed by atoms with Crippen molar-refractivity contribution in [3.05, 3.63) is 30.3 Å². The molecule has 3 amide bonds. The molecule has 0 radical (unpaired) electrons. The third kappa shape index (κ3) is 3.90. The molecule has 186 valence electrons. The van der Waals surface area contributed by atoms with Gasteiger partial charge in [-0.05, 0) is 50.7 Å². The van der Waals surface area contributed by atoms with Gasteiger partial charge in [0.05, 0.1) is 17.4 Å². The highest BCUT2D eigenvalue weighted by Crippen LogP contribution is 2.65. The summed E-state index contributed by atoms with van der Waals surface area (Å²) in [6.45, 7) is 6.92. The normalized spacial score (nSPS) is 33.8. The molecule has 3 fully saturated rings. The van der Waals surface area contributed by atoms with Gasteiger partial charge in [-0.25, -0.2) is 0 Å². The predicted molar refractivity (Wildman–Crippen MR) is 128 cm³/mol. The third-order valence-electron chi connectivity index (χ3n) is 8.02. The second-order valence-electron chi connectivity index (χ2n) is 10.2. The fraction of sp³-hybridized carbons (Fsp3) is 0.654. The molecule has 1 aromatic rings. The van der Waals surface area contributed by atoms with Crippen LogP contribution >= 0.6 is 0 Å². The Balaban J connectivity index is 1.68. The van der Waals surface area contributed by atoms with Gasteiger partial charge < -0.3 is 25.4 Å². The summed E-state index contributed by atoms with van der Waals surface area (Å²) in [5, 5.41) is 15.2. The van der Waals surface area contributed by atoms with Crippen molar-refractivity contribution < 1.29 is 24.2 Å². The summed E-state index contributed by atoms with van der Waals surface area (Å²) in [4.78, 5) is 42.5. The van der Waals surface area contributed by atoms with Crippen molar-refractivity contribution in [3.63, 3.8) is 0 Å². The van der Waals surface area contributed by atoms with Crippen LogP contribution in [0.3, 0.4) is 0 Å². The van der Waals surface area contributed by atoms with E-state index < -0.39 is 29.1 Å². The summed E-state index contributed by atoms with van der Waals surface area (Å²) in [6, 6.07) is 8.42. The SMILES string of the molecule is CCCCNC(=O)C1N(CCCCO)C(=O)[C@@H]2[C@@H](C(=O)Nc3ccccc3)[C@]3(C)OC12CC3C. The summed E-state index contributed by atoms with van der Waals surface area (Å²) < 4.78 is 6.67. The molecular formula is C26H37N3O5. The summed E-state index contributed by atoms with van der Waals surface area (Å²) in [5.74, 6) is -2.06. The molecule has 3 aliphatic rings. The number of amides is 3. The molecule has 8 heteroatoms. The first-order chi connectivity index (χ1) is 16.3. The standard InChI is InChI=1S/C26H37N3O5/c1-4-5-13-27-23(32)21-26-16-17(2)25(3,34-26)19(22(31)28-18-11-7-6-8-12-18)20(26)24(33)29(21)14-9-10-15-30/h6-8,11-12,17,19-21,30H,4-5,9-10,13-16H2,1-3H3,(H,27,32)(H,28,31)/t17?,19-,20-,21?,25+,26?/m0/s1. The van der Waals surface area contributed by atoms with Crippen molar-refractivity contribution in [1.82, 2.24) is 10.2 Å². The first-order valence-electron chi connectivity index (χ1n) is 12.5. The van der Waals surface area contributed by atoms with E-state index in [0.29, 0.717) is 38.0 Å². The largest absolute Gasteiger partial charge is 0.396 e. The van der Waals surface area contributed by atoms with Gasteiger partial charge in [-0.2, -0.15) is 0 Å². The van der Waals surface area contributed by atoms with Gasteiger partial charge >= 0.3 is 0 Å². The predicted octanol–water partition coefficient (Wildman–Crippen LogP) is 2.32. The van der Waals surface area contributed by atoms with Crippen LogP contribution in [0.1, 0.15) is 52.9 Å². The van der Waals surface area contributed by atoms with Crippen LogP contribution in [0.25, 0.3) is 0 Å². The first-order valence-corrected chi connectivity index (χ1v) is 12.5. The number of aliphatic hydroxyl groups is 1. The highest BCUT2D eigenvalue weighted by molar-refractivity contribution is 6.02. The Bertz CT molecular complexity index is 924. The number of aliphatic hydroxyl groups excluding tert-OH is 1. The minimum Gasteiger partial charge on any atom is -0.396 e. The molecule has 1 spiro atoms. The molecular weight excluding hydrogens is 434 g/mol. The molecule has 6 atom stereocenters. The molecule has 1 aromatic carbocycles. The van der Waals surface area contributed by atoms with Gasteiger partial charge in [0.2, 0.25) is 17.7 Å². The van der Waals surface area contributed by atoms with Crippen LogP contribution in [0, 0.1) is 17.8 Å². The lowest BCUT2D eigenvalue weighted by Crippen LogP contribution is -2.55. The number of likely N-dealkylation sites (tertiary alicyclic amines) is 1. The number of hydrogen-bond acceptors (Lipinski definition) is 5. The number of ether oxygens (including phenoxy) is 1. The van der Waals surface area contributed by atoms with Crippen LogP contribution in [0.5, 0.6) is 0 Å². The van der Waals surface area contributed by atoms with E-state index in [1.807, 2.05) is 44.2 Å². The zero-order valence-corrected chi connectivity index (χ0v) is 20.4. The average molecular weight is 472 g/mol. The summed E-state index contributed by atoms with van der Waals surface area (Å²) in [6.07, 6.45) is 3.48. The highest BCUT2D eigenvalue weighted by atomic mass is 16.5. The van der Waals surface area contributed by atoms with Crippen molar-refractivity contribution in [2.45, 2.75) is 70.1 Å². The van der Waals surface area contributed by atoms with Crippen LogP contribution in [0.2, 0.25) is 0 Å². The van der Waals surface area contributed by atoms with Crippen molar-refractivity contribution in [3.8, 4) is 0 Å². The van der Waals surface area contributed by atoms with Crippen molar-refractivity contribution in [2.75, 3.05) is 25.0 Å². The zero-order valence-electron chi connectivity index (χ0n) is 20.4. The van der Waals surface area contributed by atoms with E-state index in [4.69, 9.17) is 4.74 Å². The van der Waals surface area contributed by atoms with Gasteiger partial charge in [-0.15, -0.1) is 0 Å². The number of unbranched alkanes of at least 4 members (excludes halogenated alkanes) is 2. The molecule has 0 aliphatic carbocycles. The van der Waals surface area contributed by atoms with E-state index in [1.54, 1.807) is 4.90 Å². The average Bonchev–Trinajstić information content (AvgIpc) is 3.32. The lowest BCUT2D eigenvalue weighted by atomic mass is 9.62. The number of rotatable bonds is 10. The number of hydrogen-bond donors (Lipinski definition) is 3. The Hall–Kier alpha value is -2.45. The van der Waals surface area contributed by atoms with Crippen LogP contribution in [0.4, 0.5) is 5.69 Å². The Kier molecular flexibility index (Phi) is 7.01. The maximum Gasteiger partial charge on any atom is 0.245 e. The molecule has 3 saturated heterocycles. The van der Waals surface area contributed by atoms with Gasteiger partial charge in [0.25, 0.3) is 0 Å². The lowest BCUT2D eigenvalue weighted by Gasteiger charge is -2.36. The van der Waals surface area contributed by atoms with Gasteiger partial charge in [0, 0.05) is 25.4 Å². The summed E-state index contributed by atoms with van der Waals surface area (Å²) in [5.41, 5.74) is -1.20. The van der Waals surface area contributed by atoms with E-state index in [-0.39, 0.29) is 30.2 Å². The molecule has 2 bridgehead atoms. The highest BCUT2D eigenvalue weighted by Gasteiger charge is 2.79. The fourth-order valence-electron chi connectivity index (χ4n) is 6.30. The summed E-state index contributed by atoms with van der Waals surface area (Å²) >= 11 is 0. The van der Waals surface area contributed by atoms with E-state index in [1.165, 1.54) is 0 Å². The second kappa shape index (κ2) is 9.66. The first kappa shape index (κ1) is 24.7. The van der Waals surface area contributed by atoms with E-state index >= 15 is 0 Å². The number of carbonyl (C=O) groups excluding carboxylic acids is 3. The second-order valence-corrected chi connectivity index (χ2v) is 10.2. The molecule has 3 aliphatic heterocycles. The molecule has 0 aromatic heterocycles.